The molecule has 2 aromatic rings. The minimum Gasteiger partial charge on any atom is -0.236 e. The van der Waals surface area contributed by atoms with Gasteiger partial charge in [0, 0.05) is 5.56 Å². The van der Waals surface area contributed by atoms with Crippen molar-refractivity contribution in [2.45, 2.75) is 25.2 Å². The van der Waals surface area contributed by atoms with Crippen LogP contribution in [0.5, 0.6) is 0 Å². The van der Waals surface area contributed by atoms with Gasteiger partial charge in [0.25, 0.3) is 0 Å². The van der Waals surface area contributed by atoms with E-state index in [4.69, 9.17) is 11.6 Å². The van der Waals surface area contributed by atoms with E-state index in [-0.39, 0.29) is 0 Å². The van der Waals surface area contributed by atoms with Crippen molar-refractivity contribution in [3.63, 3.8) is 0 Å². The van der Waals surface area contributed by atoms with E-state index < -0.39 is 0 Å². The summed E-state index contributed by atoms with van der Waals surface area (Å²) in [5, 5.41) is 0.552. The normalized spacial score (nSPS) is 15.6. The highest BCUT2D eigenvalue weighted by Crippen LogP contribution is 2.37. The van der Waals surface area contributed by atoms with E-state index in [2.05, 4.69) is 29.2 Å². The molecular weight excluding hydrogens is 230 g/mol. The molecule has 0 unspecified atom stereocenters. The van der Waals surface area contributed by atoms with Crippen LogP contribution >= 0.6 is 11.6 Å². The van der Waals surface area contributed by atoms with Crippen LogP contribution in [0.2, 0.25) is 5.15 Å². The summed E-state index contributed by atoms with van der Waals surface area (Å²) in [5.74, 6) is 0.758. The Kier molecular flexibility index (Phi) is 2.86. The molecule has 1 fully saturated rings. The first-order valence-corrected chi connectivity index (χ1v) is 6.43. The van der Waals surface area contributed by atoms with Crippen molar-refractivity contribution in [1.82, 2.24) is 4.98 Å². The van der Waals surface area contributed by atoms with Crippen LogP contribution in [0.25, 0.3) is 11.3 Å². The first-order chi connectivity index (χ1) is 8.33. The maximum absolute atomic E-state index is 5.92. The number of nitrogens with zero attached hydrogens (tertiary/aromatic N) is 1. The van der Waals surface area contributed by atoms with Gasteiger partial charge in [-0.3, -0.25) is 0 Å². The minimum atomic E-state index is 0.552. The number of hydrogen-bond donors (Lipinski definition) is 0. The molecule has 86 valence electrons. The molecule has 2 heteroatoms. The molecule has 1 nitrogen and oxygen atoms in total. The molecule has 0 bridgehead atoms. The first-order valence-electron chi connectivity index (χ1n) is 6.06. The predicted molar refractivity (Wildman–Crippen MR) is 71.3 cm³/mol. The van der Waals surface area contributed by atoms with Crippen molar-refractivity contribution < 1.29 is 0 Å². The summed E-state index contributed by atoms with van der Waals surface area (Å²) in [7, 11) is 0. The summed E-state index contributed by atoms with van der Waals surface area (Å²) in [5.41, 5.74) is 3.56. The maximum atomic E-state index is 5.92. The zero-order valence-electron chi connectivity index (χ0n) is 9.57. The predicted octanol–water partition coefficient (Wildman–Crippen LogP) is 4.67. The average Bonchev–Trinajstić information content (AvgIpc) is 2.27. The summed E-state index contributed by atoms with van der Waals surface area (Å²) in [6.45, 7) is 0. The van der Waals surface area contributed by atoms with E-state index in [9.17, 15) is 0 Å². The van der Waals surface area contributed by atoms with Gasteiger partial charge in [-0.15, -0.1) is 0 Å². The molecule has 0 saturated heterocycles. The Morgan fingerprint density at radius 1 is 1.06 bits per heavy atom. The van der Waals surface area contributed by atoms with E-state index in [0.29, 0.717) is 5.15 Å². The Bertz CT molecular complexity index is 532. The summed E-state index contributed by atoms with van der Waals surface area (Å²) in [4.78, 5) is 4.35. The Morgan fingerprint density at radius 3 is 2.59 bits per heavy atom. The molecule has 17 heavy (non-hydrogen) atoms. The third-order valence-electron chi connectivity index (χ3n) is 3.47. The highest BCUT2D eigenvalue weighted by molar-refractivity contribution is 6.29. The van der Waals surface area contributed by atoms with Gasteiger partial charge < -0.3 is 0 Å². The Labute approximate surface area is 106 Å². The summed E-state index contributed by atoms with van der Waals surface area (Å²) >= 11 is 5.92. The summed E-state index contributed by atoms with van der Waals surface area (Å²) < 4.78 is 0. The summed E-state index contributed by atoms with van der Waals surface area (Å²) in [6.07, 6.45) is 4.02. The molecular formula is C15H14ClN. The van der Waals surface area contributed by atoms with Crippen molar-refractivity contribution in [2.24, 2.45) is 0 Å². The number of halogens is 1. The number of rotatable bonds is 2. The van der Waals surface area contributed by atoms with E-state index in [1.165, 1.54) is 24.8 Å². The molecule has 0 amide bonds. The van der Waals surface area contributed by atoms with Crippen molar-refractivity contribution >= 4 is 11.6 Å². The van der Waals surface area contributed by atoms with Gasteiger partial charge in [-0.1, -0.05) is 42.3 Å². The van der Waals surface area contributed by atoms with Gasteiger partial charge in [0.15, 0.2) is 0 Å². The van der Waals surface area contributed by atoms with Gasteiger partial charge in [0.1, 0.15) is 5.15 Å². The van der Waals surface area contributed by atoms with Gasteiger partial charge in [0.05, 0.1) is 5.69 Å². The molecule has 1 heterocycles. The van der Waals surface area contributed by atoms with Gasteiger partial charge >= 0.3 is 0 Å². The molecule has 0 N–H and O–H groups in total. The average molecular weight is 244 g/mol. The third-order valence-corrected chi connectivity index (χ3v) is 3.68. The molecule has 0 spiro atoms. The van der Waals surface area contributed by atoms with Crippen LogP contribution in [0.1, 0.15) is 30.7 Å². The van der Waals surface area contributed by atoms with E-state index >= 15 is 0 Å². The van der Waals surface area contributed by atoms with Gasteiger partial charge in [-0.2, -0.15) is 0 Å². The van der Waals surface area contributed by atoms with E-state index in [1.54, 1.807) is 6.07 Å². The van der Waals surface area contributed by atoms with Crippen LogP contribution in [0.15, 0.2) is 42.5 Å². The molecule has 1 aliphatic carbocycles. The highest BCUT2D eigenvalue weighted by atomic mass is 35.5. The lowest BCUT2D eigenvalue weighted by atomic mass is 9.79. The van der Waals surface area contributed by atoms with Crippen LogP contribution in [0.4, 0.5) is 0 Å². The van der Waals surface area contributed by atoms with Gasteiger partial charge in [0.2, 0.25) is 0 Å². The molecule has 1 saturated carbocycles. The van der Waals surface area contributed by atoms with Crippen LogP contribution in [-0.2, 0) is 0 Å². The standard InChI is InChI=1S/C15H14ClN/c16-15-9-3-8-14(17-15)13-7-2-6-12(10-13)11-4-1-5-11/h2-3,6-11H,1,4-5H2. The highest BCUT2D eigenvalue weighted by Gasteiger charge is 2.19. The third kappa shape index (κ3) is 2.20. The fraction of sp³-hybridized carbons (Fsp3) is 0.267. The Hall–Kier alpha value is -1.34. The SMILES string of the molecule is Clc1cccc(-c2cccc(C3CCC3)c2)n1. The molecule has 0 aliphatic heterocycles. The van der Waals surface area contributed by atoms with E-state index in [0.717, 1.165) is 17.2 Å². The number of pyridine rings is 1. The number of hydrogen-bond acceptors (Lipinski definition) is 1. The largest absolute Gasteiger partial charge is 0.236 e. The van der Waals surface area contributed by atoms with Crippen LogP contribution < -0.4 is 0 Å². The van der Waals surface area contributed by atoms with Crippen molar-refractivity contribution in [1.29, 1.82) is 0 Å². The minimum absolute atomic E-state index is 0.552. The number of benzene rings is 1. The smallest absolute Gasteiger partial charge is 0.129 e. The second kappa shape index (κ2) is 4.50. The first kappa shape index (κ1) is 10.8. The van der Waals surface area contributed by atoms with Crippen LogP contribution in [0, 0.1) is 0 Å². The fourth-order valence-electron chi connectivity index (χ4n) is 2.26. The monoisotopic (exact) mass is 243 g/mol. The van der Waals surface area contributed by atoms with Crippen molar-refractivity contribution in [3.8, 4) is 11.3 Å². The topological polar surface area (TPSA) is 12.9 Å². The molecule has 1 aliphatic rings. The zero-order chi connectivity index (χ0) is 11.7. The lowest BCUT2D eigenvalue weighted by Gasteiger charge is -2.26. The molecule has 3 rings (SSSR count). The molecule has 1 aromatic carbocycles. The Morgan fingerprint density at radius 2 is 1.88 bits per heavy atom. The lowest BCUT2D eigenvalue weighted by Crippen LogP contribution is -2.08. The second-order valence-corrected chi connectivity index (χ2v) is 4.99. The van der Waals surface area contributed by atoms with Gasteiger partial charge in [-0.05, 0) is 42.5 Å². The second-order valence-electron chi connectivity index (χ2n) is 4.60. The summed E-state index contributed by atoms with van der Waals surface area (Å²) in [6, 6.07) is 14.4. The van der Waals surface area contributed by atoms with Crippen molar-refractivity contribution in [2.75, 3.05) is 0 Å². The van der Waals surface area contributed by atoms with E-state index in [1.807, 2.05) is 12.1 Å². The zero-order valence-corrected chi connectivity index (χ0v) is 10.3. The lowest BCUT2D eigenvalue weighted by molar-refractivity contribution is 0.420. The molecule has 1 aromatic heterocycles. The van der Waals surface area contributed by atoms with Crippen molar-refractivity contribution in [3.05, 3.63) is 53.2 Å². The quantitative estimate of drug-likeness (QED) is 0.699. The van der Waals surface area contributed by atoms with Gasteiger partial charge in [-0.25, -0.2) is 4.98 Å². The molecule has 0 radical (unpaired) electrons. The maximum Gasteiger partial charge on any atom is 0.129 e. The van der Waals surface area contributed by atoms with Crippen LogP contribution in [-0.4, -0.2) is 4.98 Å². The fourth-order valence-corrected chi connectivity index (χ4v) is 2.43. The Balaban J connectivity index is 1.97. The molecule has 0 atom stereocenters. The number of aromatic nitrogens is 1. The van der Waals surface area contributed by atoms with Crippen LogP contribution in [0.3, 0.4) is 0 Å².